The summed E-state index contributed by atoms with van der Waals surface area (Å²) in [6.07, 6.45) is 0. The number of sulfonamides is 1. The van der Waals surface area contributed by atoms with Crippen molar-refractivity contribution in [3.05, 3.63) is 95.1 Å². The highest BCUT2D eigenvalue weighted by molar-refractivity contribution is 7.89. The van der Waals surface area contributed by atoms with Gasteiger partial charge in [0.25, 0.3) is 5.91 Å². The molecule has 0 atom stereocenters. The maximum absolute atomic E-state index is 13.9. The fraction of sp³-hybridized carbons (Fsp3) is 0.200. The first-order valence-corrected chi connectivity index (χ1v) is 12.4. The van der Waals surface area contributed by atoms with Gasteiger partial charge in [-0.1, -0.05) is 24.3 Å². The number of carbonyl (C=O) groups is 1. The summed E-state index contributed by atoms with van der Waals surface area (Å²) in [4.78, 5) is 19.1. The van der Waals surface area contributed by atoms with Crippen LogP contribution in [0.5, 0.6) is 0 Å². The van der Waals surface area contributed by atoms with E-state index in [2.05, 4.69) is 4.99 Å². The first kappa shape index (κ1) is 23.3. The van der Waals surface area contributed by atoms with Crippen LogP contribution in [0.1, 0.15) is 21.5 Å². The summed E-state index contributed by atoms with van der Waals surface area (Å²) in [5.41, 5.74) is 2.15. The van der Waals surface area contributed by atoms with E-state index in [-0.39, 0.29) is 23.5 Å². The van der Waals surface area contributed by atoms with E-state index in [9.17, 15) is 22.0 Å². The van der Waals surface area contributed by atoms with E-state index < -0.39 is 27.6 Å². The van der Waals surface area contributed by atoms with Crippen LogP contribution in [-0.4, -0.2) is 50.8 Å². The van der Waals surface area contributed by atoms with E-state index in [1.54, 1.807) is 17.0 Å². The molecule has 35 heavy (non-hydrogen) atoms. The van der Waals surface area contributed by atoms with Crippen molar-refractivity contribution < 1.29 is 26.7 Å². The predicted octanol–water partition coefficient (Wildman–Crippen LogP) is 3.59. The quantitative estimate of drug-likeness (QED) is 0.551. The normalized spacial score (nSPS) is 17.5. The van der Waals surface area contributed by atoms with Gasteiger partial charge in [-0.3, -0.25) is 4.79 Å². The van der Waals surface area contributed by atoms with E-state index in [1.165, 1.54) is 34.6 Å². The Kier molecular flexibility index (Phi) is 6.18. The average Bonchev–Trinajstić information content (AvgIpc) is 3.24. The predicted molar refractivity (Wildman–Crippen MR) is 126 cm³/mol. The molecule has 5 rings (SSSR count). The van der Waals surface area contributed by atoms with Gasteiger partial charge < -0.3 is 9.64 Å². The molecule has 180 valence electrons. The minimum Gasteiger partial charge on any atom is -0.379 e. The molecule has 1 saturated heterocycles. The van der Waals surface area contributed by atoms with Gasteiger partial charge in [0.05, 0.1) is 24.7 Å². The number of halogens is 2. The number of ether oxygens (including phenoxy) is 1. The lowest BCUT2D eigenvalue weighted by Crippen LogP contribution is -2.40. The van der Waals surface area contributed by atoms with Crippen LogP contribution in [0.25, 0.3) is 0 Å². The van der Waals surface area contributed by atoms with Gasteiger partial charge in [0, 0.05) is 36.0 Å². The van der Waals surface area contributed by atoms with E-state index in [1.807, 2.05) is 12.1 Å². The zero-order valence-corrected chi connectivity index (χ0v) is 19.3. The Balaban J connectivity index is 1.46. The SMILES string of the molecule is O=C(N=C1c2ccccc2CN1c1ccc(F)c(F)c1)c1ccc(S(=O)(=O)N2CCOCC2)cc1. The number of anilines is 1. The summed E-state index contributed by atoms with van der Waals surface area (Å²) in [6, 6.07) is 16.5. The topological polar surface area (TPSA) is 79.3 Å². The van der Waals surface area contributed by atoms with Crippen LogP contribution in [0.4, 0.5) is 14.5 Å². The van der Waals surface area contributed by atoms with E-state index in [0.717, 1.165) is 17.7 Å². The van der Waals surface area contributed by atoms with Crippen LogP contribution in [-0.2, 0) is 21.3 Å². The molecule has 0 unspecified atom stereocenters. The second-order valence-corrected chi connectivity index (χ2v) is 10.1. The van der Waals surface area contributed by atoms with Crippen molar-refractivity contribution in [2.24, 2.45) is 4.99 Å². The number of morpholine rings is 1. The minimum absolute atomic E-state index is 0.0817. The zero-order valence-electron chi connectivity index (χ0n) is 18.5. The van der Waals surface area contributed by atoms with Crippen molar-refractivity contribution >= 4 is 27.5 Å². The second-order valence-electron chi connectivity index (χ2n) is 8.12. The molecule has 0 saturated carbocycles. The second kappa shape index (κ2) is 9.29. The number of nitrogens with zero attached hydrogens (tertiary/aromatic N) is 3. The lowest BCUT2D eigenvalue weighted by Gasteiger charge is -2.26. The summed E-state index contributed by atoms with van der Waals surface area (Å²) in [7, 11) is -3.69. The Morgan fingerprint density at radius 2 is 1.63 bits per heavy atom. The number of benzene rings is 3. The van der Waals surface area contributed by atoms with Crippen LogP contribution in [0.15, 0.2) is 76.6 Å². The monoisotopic (exact) mass is 497 g/mol. The molecule has 1 amide bonds. The maximum Gasteiger partial charge on any atom is 0.278 e. The summed E-state index contributed by atoms with van der Waals surface area (Å²) in [5, 5.41) is 0. The third kappa shape index (κ3) is 4.47. The van der Waals surface area contributed by atoms with Crippen molar-refractivity contribution in [1.82, 2.24) is 4.31 Å². The van der Waals surface area contributed by atoms with Crippen LogP contribution in [0, 0.1) is 11.6 Å². The van der Waals surface area contributed by atoms with Crippen molar-refractivity contribution in [2.45, 2.75) is 11.4 Å². The molecular formula is C25H21F2N3O4S. The van der Waals surface area contributed by atoms with Crippen molar-refractivity contribution in [3.63, 3.8) is 0 Å². The van der Waals surface area contributed by atoms with Crippen molar-refractivity contribution in [2.75, 3.05) is 31.2 Å². The largest absolute Gasteiger partial charge is 0.379 e. The Labute approximate surface area is 201 Å². The number of amides is 1. The molecule has 1 fully saturated rings. The van der Waals surface area contributed by atoms with Gasteiger partial charge in [0.15, 0.2) is 11.6 Å². The molecule has 7 nitrogen and oxygen atoms in total. The Morgan fingerprint density at radius 1 is 0.914 bits per heavy atom. The molecule has 2 aliphatic rings. The molecule has 0 radical (unpaired) electrons. The average molecular weight is 498 g/mol. The molecule has 10 heteroatoms. The smallest absolute Gasteiger partial charge is 0.278 e. The van der Waals surface area contributed by atoms with Gasteiger partial charge in [-0.25, -0.2) is 17.2 Å². The van der Waals surface area contributed by atoms with Gasteiger partial charge in [-0.2, -0.15) is 9.30 Å². The minimum atomic E-state index is -3.69. The molecule has 2 aliphatic heterocycles. The number of hydrogen-bond acceptors (Lipinski definition) is 4. The molecule has 0 bridgehead atoms. The zero-order chi connectivity index (χ0) is 24.6. The molecule has 2 heterocycles. The highest BCUT2D eigenvalue weighted by atomic mass is 32.2. The van der Waals surface area contributed by atoms with Crippen LogP contribution < -0.4 is 4.90 Å². The van der Waals surface area contributed by atoms with Gasteiger partial charge in [0.1, 0.15) is 5.84 Å². The first-order chi connectivity index (χ1) is 16.8. The number of carbonyl (C=O) groups excluding carboxylic acids is 1. The summed E-state index contributed by atoms with van der Waals surface area (Å²) in [5.74, 6) is -2.24. The summed E-state index contributed by atoms with van der Waals surface area (Å²) < 4.78 is 59.6. The first-order valence-electron chi connectivity index (χ1n) is 11.0. The lowest BCUT2D eigenvalue weighted by molar-refractivity contribution is 0.0730. The molecular weight excluding hydrogens is 476 g/mol. The van der Waals surface area contributed by atoms with Crippen LogP contribution in [0.2, 0.25) is 0 Å². The van der Waals surface area contributed by atoms with Crippen molar-refractivity contribution in [3.8, 4) is 0 Å². The highest BCUT2D eigenvalue weighted by Crippen LogP contribution is 2.30. The Hall–Kier alpha value is -3.47. The van der Waals surface area contributed by atoms with E-state index in [0.29, 0.717) is 36.8 Å². The number of amidine groups is 1. The van der Waals surface area contributed by atoms with Gasteiger partial charge in [0.2, 0.25) is 10.0 Å². The van der Waals surface area contributed by atoms with Crippen LogP contribution in [0.3, 0.4) is 0 Å². The lowest BCUT2D eigenvalue weighted by atomic mass is 10.1. The molecule has 3 aromatic carbocycles. The van der Waals surface area contributed by atoms with Gasteiger partial charge >= 0.3 is 0 Å². The summed E-state index contributed by atoms with van der Waals surface area (Å²) in [6.45, 7) is 1.56. The van der Waals surface area contributed by atoms with E-state index >= 15 is 0 Å². The molecule has 0 aromatic heterocycles. The molecule has 0 aliphatic carbocycles. The fourth-order valence-electron chi connectivity index (χ4n) is 4.12. The number of rotatable bonds is 4. The fourth-order valence-corrected chi connectivity index (χ4v) is 5.53. The highest BCUT2D eigenvalue weighted by Gasteiger charge is 2.29. The number of aliphatic imine (C=N–C) groups is 1. The van der Waals surface area contributed by atoms with Crippen molar-refractivity contribution in [1.29, 1.82) is 0 Å². The third-order valence-corrected chi connectivity index (χ3v) is 7.89. The molecule has 3 aromatic rings. The molecule has 0 N–H and O–H groups in total. The Morgan fingerprint density at radius 3 is 2.34 bits per heavy atom. The van der Waals surface area contributed by atoms with Gasteiger partial charge in [-0.05, 0) is 42.0 Å². The maximum atomic E-state index is 13.9. The van der Waals surface area contributed by atoms with E-state index in [4.69, 9.17) is 4.74 Å². The summed E-state index contributed by atoms with van der Waals surface area (Å²) >= 11 is 0. The van der Waals surface area contributed by atoms with Gasteiger partial charge in [-0.15, -0.1) is 0 Å². The third-order valence-electron chi connectivity index (χ3n) is 5.97. The number of fused-ring (bicyclic) bond motifs is 1. The van der Waals surface area contributed by atoms with Crippen LogP contribution >= 0.6 is 0 Å². The number of hydrogen-bond donors (Lipinski definition) is 0. The molecule has 0 spiro atoms. The standard InChI is InChI=1S/C25H21F2N3O4S/c26-22-10-7-19(15-23(22)27)30-16-18-3-1-2-4-21(18)24(30)28-25(31)17-5-8-20(9-6-17)35(32,33)29-11-13-34-14-12-29/h1-10,15H,11-14,16H2. The Bertz CT molecular complexity index is 1420.